The normalized spacial score (nSPS) is 24.8. The van der Waals surface area contributed by atoms with E-state index in [1.807, 2.05) is 19.3 Å². The molecule has 1 saturated carbocycles. The van der Waals surface area contributed by atoms with Crippen molar-refractivity contribution in [1.29, 1.82) is 0 Å². The molecule has 0 radical (unpaired) electrons. The Hall–Kier alpha value is -2.38. The maximum absolute atomic E-state index is 5.21. The summed E-state index contributed by atoms with van der Waals surface area (Å²) in [5.74, 6) is 1.28. The topological polar surface area (TPSA) is 75.1 Å². The molecule has 1 fully saturated rings. The first kappa shape index (κ1) is 19.6. The first-order valence-electron chi connectivity index (χ1n) is 10.6. The molecule has 156 valence electrons. The van der Waals surface area contributed by atoms with Crippen LogP contribution in [0.15, 0.2) is 35.8 Å². The van der Waals surface area contributed by atoms with Gasteiger partial charge in [-0.1, -0.05) is 25.5 Å². The lowest BCUT2D eigenvalue weighted by molar-refractivity contribution is 0.199. The van der Waals surface area contributed by atoms with Gasteiger partial charge in [-0.25, -0.2) is 9.97 Å². The molecule has 3 aromatic heterocycles. The van der Waals surface area contributed by atoms with Crippen LogP contribution in [-0.2, 0) is 6.54 Å². The molecule has 6 nitrogen and oxygen atoms in total. The molecular formula is C23H28N6S. The summed E-state index contributed by atoms with van der Waals surface area (Å²) in [6.45, 7) is 7.67. The molecule has 4 heterocycles. The molecule has 7 heteroatoms. The van der Waals surface area contributed by atoms with Gasteiger partial charge < -0.3 is 5.32 Å². The number of aromatic nitrogens is 3. The largest absolute Gasteiger partial charge is 0.365 e. The van der Waals surface area contributed by atoms with Crippen molar-refractivity contribution in [2.24, 2.45) is 16.3 Å². The zero-order valence-electron chi connectivity index (χ0n) is 18.0. The fourth-order valence-electron chi connectivity index (χ4n) is 4.92. The number of hydrogen-bond acceptors (Lipinski definition) is 7. The fraction of sp³-hybridized carbons (Fsp3) is 0.478. The van der Waals surface area contributed by atoms with E-state index in [0.717, 1.165) is 39.1 Å². The molecule has 0 bridgehead atoms. The van der Waals surface area contributed by atoms with Crippen molar-refractivity contribution in [2.75, 3.05) is 12.4 Å². The van der Waals surface area contributed by atoms with Gasteiger partial charge in [0.15, 0.2) is 0 Å². The quantitative estimate of drug-likeness (QED) is 0.678. The number of thiophene rings is 1. The maximum Gasteiger partial charge on any atom is 0.147 e. The summed E-state index contributed by atoms with van der Waals surface area (Å²) < 4.78 is 2.17. The number of pyridine rings is 1. The summed E-state index contributed by atoms with van der Waals surface area (Å²) in [6.07, 6.45) is 8.81. The Morgan fingerprint density at radius 1 is 1.23 bits per heavy atom. The van der Waals surface area contributed by atoms with Crippen LogP contribution in [0, 0.1) is 11.3 Å². The zero-order valence-corrected chi connectivity index (χ0v) is 18.8. The molecule has 1 aliphatic heterocycles. The van der Waals surface area contributed by atoms with E-state index in [1.165, 1.54) is 17.2 Å². The van der Waals surface area contributed by atoms with E-state index in [9.17, 15) is 0 Å². The van der Waals surface area contributed by atoms with Crippen LogP contribution in [0.1, 0.15) is 45.6 Å². The lowest BCUT2D eigenvalue weighted by Gasteiger charge is -2.45. The van der Waals surface area contributed by atoms with Crippen molar-refractivity contribution in [3.8, 4) is 0 Å². The minimum Gasteiger partial charge on any atom is -0.365 e. The van der Waals surface area contributed by atoms with Crippen molar-refractivity contribution >= 4 is 32.9 Å². The highest BCUT2D eigenvalue weighted by Crippen LogP contribution is 2.47. The highest BCUT2D eigenvalue weighted by atomic mass is 32.1. The Labute approximate surface area is 180 Å². The molecule has 2 aliphatic rings. The Morgan fingerprint density at radius 2 is 2.10 bits per heavy atom. The second-order valence-corrected chi connectivity index (χ2v) is 10.4. The highest BCUT2D eigenvalue weighted by molar-refractivity contribution is 7.17. The van der Waals surface area contributed by atoms with Crippen LogP contribution in [0.3, 0.4) is 0 Å². The van der Waals surface area contributed by atoms with Gasteiger partial charge in [0.25, 0.3) is 0 Å². The molecule has 1 aliphatic carbocycles. The molecule has 2 N–H and O–H groups in total. The van der Waals surface area contributed by atoms with Gasteiger partial charge in [-0.15, -0.1) is 11.3 Å². The van der Waals surface area contributed by atoms with Crippen LogP contribution >= 0.6 is 11.3 Å². The average Bonchev–Trinajstić information content (AvgIpc) is 3.10. The molecular weight excluding hydrogens is 392 g/mol. The molecule has 0 amide bonds. The number of fused-ring (bicyclic) bond motifs is 4. The van der Waals surface area contributed by atoms with Crippen LogP contribution in [0.5, 0.6) is 0 Å². The number of anilines is 1. The first-order chi connectivity index (χ1) is 14.4. The standard InChI is InChI=1S/C23H28N6S/c1-22(2)8-7-16-15(10-22)17-18-19(30-21(17)29-23(16,3)24-4)20(28-13-27-18)26-12-14-6-5-9-25-11-14/h5-6,9,11,13,16,24H,7-8,10,12H2,1-4H3,(H,26,27,28). The molecule has 2 unspecified atom stereocenters. The van der Waals surface area contributed by atoms with Crippen molar-refractivity contribution in [1.82, 2.24) is 20.3 Å². The highest BCUT2D eigenvalue weighted by Gasteiger charge is 2.43. The number of hydrogen-bond donors (Lipinski definition) is 2. The average molecular weight is 421 g/mol. The third-order valence-electron chi connectivity index (χ3n) is 6.67. The lowest BCUT2D eigenvalue weighted by Crippen LogP contribution is -2.54. The summed E-state index contributed by atoms with van der Waals surface area (Å²) in [5, 5.41) is 8.26. The SMILES string of the molecule is CNC1(C)N=c2sc3c(NCc4cccnc4)ncnc3c2=C2CC(C)(C)CCC21. The van der Waals surface area contributed by atoms with Crippen LogP contribution < -0.4 is 20.5 Å². The predicted octanol–water partition coefficient (Wildman–Crippen LogP) is 3.24. The molecule has 30 heavy (non-hydrogen) atoms. The minimum absolute atomic E-state index is 0.267. The van der Waals surface area contributed by atoms with Crippen molar-refractivity contribution in [3.63, 3.8) is 0 Å². The summed E-state index contributed by atoms with van der Waals surface area (Å²) in [5.41, 5.74) is 3.71. The zero-order chi connectivity index (χ0) is 20.9. The second-order valence-electron chi connectivity index (χ2n) is 9.36. The Kier molecular flexibility index (Phi) is 4.63. The van der Waals surface area contributed by atoms with Gasteiger partial charge in [0, 0.05) is 30.1 Å². The van der Waals surface area contributed by atoms with Gasteiger partial charge >= 0.3 is 0 Å². The van der Waals surface area contributed by atoms with Crippen molar-refractivity contribution in [2.45, 2.75) is 52.2 Å². The summed E-state index contributed by atoms with van der Waals surface area (Å²) in [7, 11) is 2.03. The van der Waals surface area contributed by atoms with E-state index < -0.39 is 0 Å². The predicted molar refractivity (Wildman–Crippen MR) is 122 cm³/mol. The van der Waals surface area contributed by atoms with Crippen molar-refractivity contribution < 1.29 is 0 Å². The van der Waals surface area contributed by atoms with Gasteiger partial charge in [0.2, 0.25) is 0 Å². The third-order valence-corrected chi connectivity index (χ3v) is 7.75. The Morgan fingerprint density at radius 3 is 2.87 bits per heavy atom. The first-order valence-corrected chi connectivity index (χ1v) is 11.4. The Bertz CT molecular complexity index is 1220. The Balaban J connectivity index is 1.68. The number of rotatable bonds is 4. The maximum atomic E-state index is 5.21. The van der Waals surface area contributed by atoms with Gasteiger partial charge in [-0.2, -0.15) is 0 Å². The van der Waals surface area contributed by atoms with Crippen molar-refractivity contribution in [3.05, 3.63) is 46.3 Å². The van der Waals surface area contributed by atoms with Gasteiger partial charge in [-0.05, 0) is 50.3 Å². The minimum atomic E-state index is -0.267. The van der Waals surface area contributed by atoms with Gasteiger partial charge in [-0.3, -0.25) is 15.3 Å². The van der Waals surface area contributed by atoms with E-state index in [4.69, 9.17) is 9.98 Å². The van der Waals surface area contributed by atoms with Crippen LogP contribution in [0.25, 0.3) is 15.8 Å². The molecule has 0 spiro atoms. The number of nitrogens with zero attached hydrogens (tertiary/aromatic N) is 4. The summed E-state index contributed by atoms with van der Waals surface area (Å²) in [6, 6.07) is 4.02. The molecule has 5 rings (SSSR count). The van der Waals surface area contributed by atoms with Gasteiger partial charge in [0.05, 0.1) is 10.2 Å². The molecule has 2 atom stereocenters. The van der Waals surface area contributed by atoms with E-state index in [2.05, 4.69) is 47.4 Å². The summed E-state index contributed by atoms with van der Waals surface area (Å²) in [4.78, 5) is 18.7. The number of nitrogens with one attached hydrogen (secondary N) is 2. The fourth-order valence-corrected chi connectivity index (χ4v) is 6.15. The van der Waals surface area contributed by atoms with E-state index in [0.29, 0.717) is 17.9 Å². The van der Waals surface area contributed by atoms with E-state index >= 15 is 0 Å². The second kappa shape index (κ2) is 7.10. The van der Waals surface area contributed by atoms with Crippen LogP contribution in [-0.4, -0.2) is 27.7 Å². The molecule has 0 aromatic carbocycles. The molecule has 0 saturated heterocycles. The van der Waals surface area contributed by atoms with E-state index in [-0.39, 0.29) is 5.66 Å². The smallest absolute Gasteiger partial charge is 0.147 e. The van der Waals surface area contributed by atoms with Crippen LogP contribution in [0.4, 0.5) is 5.82 Å². The van der Waals surface area contributed by atoms with Crippen LogP contribution in [0.2, 0.25) is 0 Å². The third kappa shape index (κ3) is 3.20. The summed E-state index contributed by atoms with van der Waals surface area (Å²) >= 11 is 1.70. The van der Waals surface area contributed by atoms with Gasteiger partial charge in [0.1, 0.15) is 22.5 Å². The van der Waals surface area contributed by atoms with E-state index in [1.54, 1.807) is 23.9 Å². The molecule has 3 aromatic rings. The lowest BCUT2D eigenvalue weighted by atomic mass is 9.66. The monoisotopic (exact) mass is 420 g/mol.